The maximum absolute atomic E-state index is 13.5. The maximum Gasteiger partial charge on any atom is 0.296 e. The van der Waals surface area contributed by atoms with Crippen LogP contribution in [-0.4, -0.2) is 25.7 Å². The zero-order chi connectivity index (χ0) is 22.3. The minimum Gasteiger partial charge on any atom is -0.283 e. The van der Waals surface area contributed by atoms with Crippen LogP contribution in [0.25, 0.3) is 11.8 Å². The minimum absolute atomic E-state index is 0.206. The van der Waals surface area contributed by atoms with E-state index in [2.05, 4.69) is 4.99 Å². The number of aryl methyl sites for hydroxylation is 1. The van der Waals surface area contributed by atoms with E-state index in [0.717, 1.165) is 16.1 Å². The summed E-state index contributed by atoms with van der Waals surface area (Å²) in [5.41, 5.74) is 2.99. The number of thioether (sulfide) groups is 1. The van der Waals surface area contributed by atoms with Gasteiger partial charge in [0.05, 0.1) is 11.4 Å². The van der Waals surface area contributed by atoms with Gasteiger partial charge in [0.2, 0.25) is 0 Å². The van der Waals surface area contributed by atoms with Crippen LogP contribution >= 0.6 is 23.1 Å². The smallest absolute Gasteiger partial charge is 0.283 e. The number of anilines is 1. The molecule has 3 aromatic rings. The number of carbonyl (C=O) groups excluding carboxylic acids is 1. The fourth-order valence-corrected chi connectivity index (χ4v) is 5.16. The molecular weight excluding hydrogens is 428 g/mol. The van der Waals surface area contributed by atoms with Crippen LogP contribution in [0.3, 0.4) is 0 Å². The van der Waals surface area contributed by atoms with Crippen molar-refractivity contribution in [3.63, 3.8) is 0 Å². The normalized spacial score (nSPS) is 15.4. The van der Waals surface area contributed by atoms with Crippen LogP contribution in [0.1, 0.15) is 30.0 Å². The van der Waals surface area contributed by atoms with Gasteiger partial charge >= 0.3 is 0 Å². The molecule has 0 aliphatic carbocycles. The van der Waals surface area contributed by atoms with Crippen molar-refractivity contribution in [2.45, 2.75) is 32.9 Å². The van der Waals surface area contributed by atoms with Crippen LogP contribution < -0.4 is 10.5 Å². The highest BCUT2D eigenvalue weighted by atomic mass is 32.2. The summed E-state index contributed by atoms with van der Waals surface area (Å²) in [6.07, 6.45) is 1.82. The molecule has 0 fully saturated rings. The fourth-order valence-electron chi connectivity index (χ4n) is 3.45. The summed E-state index contributed by atoms with van der Waals surface area (Å²) in [6, 6.07) is 11.4. The number of benzene rings is 1. The molecule has 2 aromatic heterocycles. The molecule has 1 aliphatic rings. The Morgan fingerprint density at radius 1 is 1.10 bits per heavy atom. The van der Waals surface area contributed by atoms with Crippen LogP contribution in [-0.2, 0) is 11.8 Å². The molecule has 0 spiro atoms. The number of para-hydroxylation sites is 1. The highest BCUT2D eigenvalue weighted by Crippen LogP contribution is 2.32. The van der Waals surface area contributed by atoms with Crippen molar-refractivity contribution in [1.82, 2.24) is 9.36 Å². The molecular formula is C23H24N4O2S2. The summed E-state index contributed by atoms with van der Waals surface area (Å²) in [5, 5.41) is 2.73. The van der Waals surface area contributed by atoms with Crippen molar-refractivity contribution >= 4 is 45.9 Å². The van der Waals surface area contributed by atoms with Gasteiger partial charge in [-0.1, -0.05) is 43.8 Å². The molecule has 0 atom stereocenters. The van der Waals surface area contributed by atoms with Crippen molar-refractivity contribution in [3.05, 3.63) is 74.0 Å². The van der Waals surface area contributed by atoms with Gasteiger partial charge in [0.25, 0.3) is 11.5 Å². The topological polar surface area (TPSA) is 59.6 Å². The first-order valence-corrected chi connectivity index (χ1v) is 11.7. The van der Waals surface area contributed by atoms with Gasteiger partial charge in [0.15, 0.2) is 5.17 Å². The number of aliphatic imine (C=N–C) groups is 1. The molecule has 6 nitrogen and oxygen atoms in total. The number of hydrogen-bond acceptors (Lipinski definition) is 5. The third-order valence-electron chi connectivity index (χ3n) is 5.09. The Morgan fingerprint density at radius 3 is 2.42 bits per heavy atom. The number of hydrogen-bond donors (Lipinski definition) is 0. The highest BCUT2D eigenvalue weighted by molar-refractivity contribution is 8.14. The molecule has 31 heavy (non-hydrogen) atoms. The fraction of sp³-hybridized carbons (Fsp3) is 0.261. The van der Waals surface area contributed by atoms with E-state index < -0.39 is 0 Å². The lowest BCUT2D eigenvalue weighted by Crippen LogP contribution is -2.35. The van der Waals surface area contributed by atoms with Gasteiger partial charge in [0, 0.05) is 17.2 Å². The molecule has 3 heterocycles. The molecule has 0 bridgehead atoms. The lowest BCUT2D eigenvalue weighted by atomic mass is 10.2. The minimum atomic E-state index is -0.276. The molecule has 1 aliphatic heterocycles. The van der Waals surface area contributed by atoms with Gasteiger partial charge in [0.1, 0.15) is 11.4 Å². The van der Waals surface area contributed by atoms with E-state index in [9.17, 15) is 9.59 Å². The molecule has 4 rings (SSSR count). The van der Waals surface area contributed by atoms with Crippen molar-refractivity contribution in [3.8, 4) is 5.69 Å². The summed E-state index contributed by atoms with van der Waals surface area (Å²) in [4.78, 5) is 34.1. The quantitative estimate of drug-likeness (QED) is 0.537. The van der Waals surface area contributed by atoms with Crippen LogP contribution in [0.2, 0.25) is 0 Å². The number of carbonyl (C=O) groups is 1. The zero-order valence-electron chi connectivity index (χ0n) is 18.1. The van der Waals surface area contributed by atoms with Crippen molar-refractivity contribution < 1.29 is 4.79 Å². The van der Waals surface area contributed by atoms with E-state index >= 15 is 0 Å². The number of amides is 1. The number of rotatable bonds is 4. The first-order valence-electron chi connectivity index (χ1n) is 9.99. The largest absolute Gasteiger partial charge is 0.296 e. The Balaban J connectivity index is 1.86. The van der Waals surface area contributed by atoms with E-state index in [1.165, 1.54) is 16.7 Å². The molecule has 1 aromatic carbocycles. The Labute approximate surface area is 189 Å². The molecule has 0 radical (unpaired) electrons. The summed E-state index contributed by atoms with van der Waals surface area (Å²) >= 11 is 3.05. The molecule has 8 heteroatoms. The second kappa shape index (κ2) is 8.36. The van der Waals surface area contributed by atoms with Crippen LogP contribution in [0.15, 0.2) is 57.3 Å². The number of nitrogens with zero attached hydrogens (tertiary/aromatic N) is 4. The first kappa shape index (κ1) is 21.4. The molecule has 0 unspecified atom stereocenters. The standard InChI is InChI=1S/C23H24N4O2S2/c1-14(2)31-23-24-18(13-19-15(3)11-12-30-19)21(28)26(23)20-16(4)25(5)27(22(20)29)17-9-7-6-8-10-17/h6-14H,1-5H3/b18-13+. The van der Waals surface area contributed by atoms with Gasteiger partial charge < -0.3 is 0 Å². The van der Waals surface area contributed by atoms with E-state index in [1.807, 2.05) is 82.6 Å². The first-order chi connectivity index (χ1) is 14.8. The predicted molar refractivity (Wildman–Crippen MR) is 130 cm³/mol. The number of aromatic nitrogens is 2. The molecule has 0 saturated heterocycles. The summed E-state index contributed by atoms with van der Waals surface area (Å²) in [7, 11) is 1.83. The summed E-state index contributed by atoms with van der Waals surface area (Å²) in [6.45, 7) is 7.95. The Kier molecular flexibility index (Phi) is 5.77. The van der Waals surface area contributed by atoms with E-state index in [0.29, 0.717) is 22.2 Å². The van der Waals surface area contributed by atoms with E-state index in [1.54, 1.807) is 20.7 Å². The monoisotopic (exact) mass is 452 g/mol. The number of amidine groups is 1. The number of thiophene rings is 1. The van der Waals surface area contributed by atoms with Gasteiger partial charge in [-0.2, -0.15) is 0 Å². The van der Waals surface area contributed by atoms with Gasteiger partial charge in [-0.05, 0) is 49.1 Å². The average molecular weight is 453 g/mol. The van der Waals surface area contributed by atoms with Gasteiger partial charge in [-0.3, -0.25) is 14.3 Å². The lowest BCUT2D eigenvalue weighted by molar-refractivity contribution is -0.113. The summed E-state index contributed by atoms with van der Waals surface area (Å²) in [5.74, 6) is -0.276. The van der Waals surface area contributed by atoms with E-state index in [-0.39, 0.29) is 16.7 Å². The van der Waals surface area contributed by atoms with E-state index in [4.69, 9.17) is 0 Å². The zero-order valence-corrected chi connectivity index (χ0v) is 19.8. The lowest BCUT2D eigenvalue weighted by Gasteiger charge is -2.17. The third-order valence-corrected chi connectivity index (χ3v) is 7.01. The second-order valence-electron chi connectivity index (χ2n) is 7.61. The third kappa shape index (κ3) is 3.81. The van der Waals surface area contributed by atoms with Crippen LogP contribution in [0.5, 0.6) is 0 Å². The van der Waals surface area contributed by atoms with Crippen molar-refractivity contribution in [1.29, 1.82) is 0 Å². The van der Waals surface area contributed by atoms with Crippen LogP contribution in [0.4, 0.5) is 5.69 Å². The molecule has 0 saturated carbocycles. The average Bonchev–Trinajstić information content (AvgIpc) is 3.33. The molecule has 0 N–H and O–H groups in total. The SMILES string of the molecule is Cc1ccsc1/C=C1/N=C(SC(C)C)N(c2c(C)n(C)n(-c3ccccc3)c2=O)C1=O. The molecule has 160 valence electrons. The predicted octanol–water partition coefficient (Wildman–Crippen LogP) is 4.74. The second-order valence-corrected chi connectivity index (χ2v) is 10.1. The Morgan fingerprint density at radius 2 is 1.81 bits per heavy atom. The van der Waals surface area contributed by atoms with Gasteiger partial charge in [-0.25, -0.2) is 14.6 Å². The Bertz CT molecular complexity index is 1260. The van der Waals surface area contributed by atoms with Crippen molar-refractivity contribution in [2.24, 2.45) is 12.0 Å². The van der Waals surface area contributed by atoms with Crippen molar-refractivity contribution in [2.75, 3.05) is 4.90 Å². The summed E-state index contributed by atoms with van der Waals surface area (Å²) < 4.78 is 3.36. The maximum atomic E-state index is 13.5. The molecule has 1 amide bonds. The van der Waals surface area contributed by atoms with Gasteiger partial charge in [-0.15, -0.1) is 11.3 Å². The van der Waals surface area contributed by atoms with Crippen LogP contribution in [0, 0.1) is 13.8 Å². The Hall–Kier alpha value is -2.84. The highest BCUT2D eigenvalue weighted by Gasteiger charge is 2.37.